The molecule has 0 spiro atoms. The molecule has 13 heteroatoms. The molecule has 1 saturated heterocycles. The van der Waals surface area contributed by atoms with Gasteiger partial charge in [0.25, 0.3) is 5.16 Å². The first kappa shape index (κ1) is 28.7. The van der Waals surface area contributed by atoms with Crippen molar-refractivity contribution in [1.82, 2.24) is 9.97 Å². The molecule has 4 atom stereocenters. The zero-order valence-electron chi connectivity index (χ0n) is 21.8. The summed E-state index contributed by atoms with van der Waals surface area (Å²) in [5.41, 5.74) is 0.536. The Kier molecular flexibility index (Phi) is 8.71. The van der Waals surface area contributed by atoms with E-state index < -0.39 is 64.4 Å². The molecule has 5 rings (SSSR count). The fourth-order valence-electron chi connectivity index (χ4n) is 4.07. The highest BCUT2D eigenvalue weighted by Crippen LogP contribution is 2.32. The quantitative estimate of drug-likeness (QED) is 0.164. The summed E-state index contributed by atoms with van der Waals surface area (Å²) in [6, 6.07) is 23.9. The lowest BCUT2D eigenvalue weighted by Crippen LogP contribution is -2.43. The highest BCUT2D eigenvalue weighted by atomic mass is 32.2. The minimum atomic E-state index is -4.60. The first-order chi connectivity index (χ1) is 20.3. The van der Waals surface area contributed by atoms with Crippen LogP contribution in [-0.4, -0.2) is 67.5 Å². The monoisotopic (exact) mass is 592 g/mol. The summed E-state index contributed by atoms with van der Waals surface area (Å²) in [7, 11) is -4.60. The molecule has 1 aromatic heterocycles. The summed E-state index contributed by atoms with van der Waals surface area (Å²) >= 11 is 0. The molecule has 1 aliphatic rings. The number of rotatable bonds is 10. The van der Waals surface area contributed by atoms with Crippen molar-refractivity contribution in [3.63, 3.8) is 0 Å². The van der Waals surface area contributed by atoms with Gasteiger partial charge in [-0.15, -0.1) is 0 Å². The predicted molar refractivity (Wildman–Crippen MR) is 144 cm³/mol. The first-order valence-electron chi connectivity index (χ1n) is 12.6. The van der Waals surface area contributed by atoms with Crippen LogP contribution in [-0.2, 0) is 33.2 Å². The molecule has 0 saturated carbocycles. The van der Waals surface area contributed by atoms with Gasteiger partial charge in [0, 0.05) is 12.4 Å². The van der Waals surface area contributed by atoms with E-state index in [4.69, 9.17) is 23.1 Å². The van der Waals surface area contributed by atoms with Crippen molar-refractivity contribution >= 4 is 28.0 Å². The second kappa shape index (κ2) is 12.8. The van der Waals surface area contributed by atoms with Gasteiger partial charge < -0.3 is 23.9 Å². The van der Waals surface area contributed by atoms with Gasteiger partial charge in [-0.05, 0) is 36.4 Å². The number of aromatic amines is 1. The third-order valence-corrected chi connectivity index (χ3v) is 7.26. The minimum absolute atomic E-state index is 0.144. The Morgan fingerprint density at radius 3 is 1.79 bits per heavy atom. The van der Waals surface area contributed by atoms with E-state index in [0.29, 0.717) is 0 Å². The van der Waals surface area contributed by atoms with Gasteiger partial charge in [0.2, 0.25) is 6.29 Å². The van der Waals surface area contributed by atoms with Crippen LogP contribution in [0.3, 0.4) is 0 Å². The van der Waals surface area contributed by atoms with Crippen LogP contribution >= 0.6 is 0 Å². The predicted octanol–water partition coefficient (Wildman–Crippen LogP) is 3.15. The van der Waals surface area contributed by atoms with Gasteiger partial charge in [0.1, 0.15) is 12.7 Å². The number of hydrogen-bond donors (Lipinski definition) is 1. The van der Waals surface area contributed by atoms with Crippen molar-refractivity contribution in [2.75, 3.05) is 6.61 Å². The van der Waals surface area contributed by atoms with Crippen LogP contribution in [0.25, 0.3) is 0 Å². The maximum absolute atomic E-state index is 13.1. The number of aromatic nitrogens is 2. The number of imidazole rings is 1. The molecule has 1 fully saturated rings. The van der Waals surface area contributed by atoms with Gasteiger partial charge in [0.05, 0.1) is 16.7 Å². The van der Waals surface area contributed by atoms with E-state index in [1.54, 1.807) is 54.6 Å². The highest BCUT2D eigenvalue weighted by Gasteiger charge is 2.53. The second-order valence-corrected chi connectivity index (χ2v) is 10.4. The summed E-state index contributed by atoms with van der Waals surface area (Å²) in [6.07, 6.45) is -3.74. The number of carbonyl (C=O) groups excluding carboxylic acids is 3. The van der Waals surface area contributed by atoms with E-state index in [1.165, 1.54) is 48.8 Å². The minimum Gasteiger partial charge on any atom is -0.459 e. The summed E-state index contributed by atoms with van der Waals surface area (Å²) in [6.45, 7) is -0.499. The van der Waals surface area contributed by atoms with Crippen LogP contribution in [0.15, 0.2) is 109 Å². The van der Waals surface area contributed by atoms with Crippen LogP contribution in [0.1, 0.15) is 31.1 Å². The molecule has 4 aromatic rings. The van der Waals surface area contributed by atoms with Gasteiger partial charge in [-0.3, -0.25) is 0 Å². The average Bonchev–Trinajstić information content (AvgIpc) is 3.67. The van der Waals surface area contributed by atoms with Crippen LogP contribution in [0.2, 0.25) is 0 Å². The van der Waals surface area contributed by atoms with Gasteiger partial charge >= 0.3 is 28.0 Å². The lowest BCUT2D eigenvalue weighted by molar-refractivity contribution is -0.135. The molecule has 1 aliphatic heterocycles. The smallest absolute Gasteiger partial charge is 0.340 e. The summed E-state index contributed by atoms with van der Waals surface area (Å²) in [4.78, 5) is 44.8. The van der Waals surface area contributed by atoms with Gasteiger partial charge in [-0.2, -0.15) is 8.42 Å². The second-order valence-electron chi connectivity index (χ2n) is 8.92. The van der Waals surface area contributed by atoms with E-state index in [-0.39, 0.29) is 16.7 Å². The van der Waals surface area contributed by atoms with Crippen molar-refractivity contribution in [3.8, 4) is 0 Å². The van der Waals surface area contributed by atoms with Crippen molar-refractivity contribution in [2.24, 2.45) is 0 Å². The van der Waals surface area contributed by atoms with Gasteiger partial charge in [-0.25, -0.2) is 23.6 Å². The van der Waals surface area contributed by atoms with Gasteiger partial charge in [0.15, 0.2) is 12.2 Å². The van der Waals surface area contributed by atoms with E-state index in [1.807, 2.05) is 0 Å². The number of benzene rings is 3. The van der Waals surface area contributed by atoms with E-state index in [9.17, 15) is 22.8 Å². The molecule has 0 aliphatic carbocycles. The van der Waals surface area contributed by atoms with E-state index >= 15 is 0 Å². The highest BCUT2D eigenvalue weighted by molar-refractivity contribution is 7.86. The molecule has 2 heterocycles. The molecule has 0 radical (unpaired) electrons. The van der Waals surface area contributed by atoms with Gasteiger partial charge in [-0.1, -0.05) is 54.6 Å². The number of esters is 3. The molecular formula is C29H24N2O10S. The lowest BCUT2D eigenvalue weighted by Gasteiger charge is -2.23. The molecule has 216 valence electrons. The Labute approximate surface area is 240 Å². The number of nitrogens with zero attached hydrogens (tertiary/aromatic N) is 1. The average molecular weight is 593 g/mol. The zero-order valence-corrected chi connectivity index (χ0v) is 22.6. The standard InChI is InChI=1S/C29H24N2O10S/c32-25(19-10-4-1-5-11-19)37-18-22-23(39-26(33)20-12-6-2-7-13-20)24(41-42(35,36)29-30-16-17-31-29)28(38-22)40-27(34)21-14-8-3-9-15-21/h1-17,22-24,28H,18H2,(H,30,31)/t22-,23-,24-,28-/m1/s1. The molecule has 0 unspecified atom stereocenters. The van der Waals surface area contributed by atoms with Crippen molar-refractivity contribution in [1.29, 1.82) is 0 Å². The molecule has 12 nitrogen and oxygen atoms in total. The largest absolute Gasteiger partial charge is 0.459 e. The van der Waals surface area contributed by atoms with Crippen molar-refractivity contribution in [2.45, 2.75) is 29.8 Å². The van der Waals surface area contributed by atoms with Crippen LogP contribution < -0.4 is 0 Å². The molecule has 0 amide bonds. The maximum Gasteiger partial charge on any atom is 0.340 e. The Morgan fingerprint density at radius 1 is 0.738 bits per heavy atom. The first-order valence-corrected chi connectivity index (χ1v) is 14.0. The Hall–Kier alpha value is -4.85. The fraction of sp³-hybridized carbons (Fsp3) is 0.172. The number of H-pyrrole nitrogens is 1. The number of hydrogen-bond acceptors (Lipinski definition) is 11. The Bertz CT molecular complexity index is 1610. The number of ether oxygens (including phenoxy) is 4. The maximum atomic E-state index is 13.1. The van der Waals surface area contributed by atoms with E-state index in [2.05, 4.69) is 9.97 Å². The van der Waals surface area contributed by atoms with Crippen LogP contribution in [0, 0.1) is 0 Å². The zero-order chi connectivity index (χ0) is 29.5. The molecular weight excluding hydrogens is 568 g/mol. The van der Waals surface area contributed by atoms with Crippen molar-refractivity contribution in [3.05, 3.63) is 120 Å². The SMILES string of the molecule is O=C(OC[C@H]1O[C@H](OC(=O)c2ccccc2)[C@H](OS(=O)(=O)c2ncc[nH]2)[C@@H]1OC(=O)c1ccccc1)c1ccccc1. The van der Waals surface area contributed by atoms with Crippen LogP contribution in [0.5, 0.6) is 0 Å². The van der Waals surface area contributed by atoms with Crippen LogP contribution in [0.4, 0.5) is 0 Å². The third kappa shape index (κ3) is 6.71. The molecule has 42 heavy (non-hydrogen) atoms. The van der Waals surface area contributed by atoms with Crippen molar-refractivity contribution < 1.29 is 45.9 Å². The lowest BCUT2D eigenvalue weighted by atomic mass is 10.1. The topological polar surface area (TPSA) is 160 Å². The molecule has 0 bridgehead atoms. The third-order valence-electron chi connectivity index (χ3n) is 6.09. The normalized spacial score (nSPS) is 20.0. The number of nitrogens with one attached hydrogen (secondary N) is 1. The van der Waals surface area contributed by atoms with E-state index in [0.717, 1.165) is 0 Å². The summed E-state index contributed by atoms with van der Waals surface area (Å²) in [5.74, 6) is -2.42. The summed E-state index contributed by atoms with van der Waals surface area (Å²) < 4.78 is 54.0. The number of carbonyl (C=O) groups is 3. The fourth-order valence-corrected chi connectivity index (χ4v) is 5.06. The Morgan fingerprint density at radius 2 is 1.26 bits per heavy atom. The Balaban J connectivity index is 1.46. The molecule has 1 N–H and O–H groups in total. The summed E-state index contributed by atoms with van der Waals surface area (Å²) in [5, 5.41) is -0.539. The molecule has 3 aromatic carbocycles.